The molecule has 9 rings (SSSR count). The van der Waals surface area contributed by atoms with E-state index >= 15 is 0 Å². The Morgan fingerprint density at radius 3 is 2.10 bits per heavy atom. The second-order valence-corrected chi connectivity index (χ2v) is 14.4. The summed E-state index contributed by atoms with van der Waals surface area (Å²) in [5.41, 5.74) is 4.32. The van der Waals surface area contributed by atoms with E-state index in [9.17, 15) is 22.0 Å². The smallest absolute Gasteiger partial charge is 0.316 e. The van der Waals surface area contributed by atoms with E-state index in [-0.39, 0.29) is 11.4 Å². The predicted octanol–water partition coefficient (Wildman–Crippen LogP) is 9.10. The fourth-order valence-electron chi connectivity index (χ4n) is 4.80. The summed E-state index contributed by atoms with van der Waals surface area (Å²) in [5, 5.41) is 32.8. The first-order valence-corrected chi connectivity index (χ1v) is 19.4. The normalized spacial score (nSPS) is 10.9. The van der Waals surface area contributed by atoms with Crippen molar-refractivity contribution in [2.45, 2.75) is 19.5 Å². The number of H-pyrrole nitrogens is 3. The molecule has 9 aromatic heterocycles. The highest BCUT2D eigenvalue weighted by atomic mass is 32.1. The maximum absolute atomic E-state index is 13.7. The van der Waals surface area contributed by atoms with Crippen LogP contribution in [0.2, 0.25) is 0 Å². The number of nitrogens with one attached hydrogen (secondary N) is 6. The number of aryl methyl sites for hydroxylation is 1. The highest BCUT2D eigenvalue weighted by Crippen LogP contribution is 2.32. The third-order valence-corrected chi connectivity index (χ3v) is 9.68. The molecule has 59 heavy (non-hydrogen) atoms. The van der Waals surface area contributed by atoms with Crippen LogP contribution < -0.4 is 16.0 Å². The molecule has 0 atom stereocenters. The molecular formula is C35H27F5N16S3. The molecule has 0 aliphatic carbocycles. The number of alkyl halides is 3. The molecule has 9 aromatic rings. The molecule has 16 nitrogen and oxygen atoms in total. The van der Waals surface area contributed by atoms with E-state index < -0.39 is 23.5 Å². The minimum Gasteiger partial charge on any atom is -0.316 e. The van der Waals surface area contributed by atoms with Gasteiger partial charge in [0.2, 0.25) is 11.1 Å². The van der Waals surface area contributed by atoms with Crippen molar-refractivity contribution in [1.29, 1.82) is 0 Å². The SMILES string of the molecule is Cc1ccnc(Nc2nc(-c3cn[nH]c3)cs2)n1.FC(F)(F)Cc1[nH]ncc1-c1csc(Nc2ccccn2)n1.Fc1ccc(Nc2nc(-c3cn[nH]c3)c(F)s2)nc1. The number of nitrogens with zero attached hydrogens (tertiary/aromatic N) is 10. The van der Waals surface area contributed by atoms with Crippen molar-refractivity contribution >= 4 is 67.0 Å². The van der Waals surface area contributed by atoms with Crippen LogP contribution >= 0.6 is 34.0 Å². The van der Waals surface area contributed by atoms with Gasteiger partial charge in [0.25, 0.3) is 0 Å². The van der Waals surface area contributed by atoms with Crippen molar-refractivity contribution < 1.29 is 22.0 Å². The van der Waals surface area contributed by atoms with E-state index in [2.05, 4.69) is 81.4 Å². The van der Waals surface area contributed by atoms with Crippen molar-refractivity contribution in [2.75, 3.05) is 16.0 Å². The molecule has 0 aromatic carbocycles. The molecule has 0 aliphatic rings. The summed E-state index contributed by atoms with van der Waals surface area (Å²) in [6, 6.07) is 9.94. The first kappa shape index (κ1) is 40.2. The van der Waals surface area contributed by atoms with E-state index in [0.29, 0.717) is 44.7 Å². The number of anilines is 6. The predicted molar refractivity (Wildman–Crippen MR) is 214 cm³/mol. The zero-order chi connectivity index (χ0) is 41.2. The van der Waals surface area contributed by atoms with E-state index in [1.807, 2.05) is 30.6 Å². The third-order valence-electron chi connectivity index (χ3n) is 7.41. The lowest BCUT2D eigenvalue weighted by atomic mass is 10.1. The second kappa shape index (κ2) is 18.5. The number of hydrogen-bond acceptors (Lipinski definition) is 16. The number of halogens is 5. The maximum Gasteiger partial charge on any atom is 0.394 e. The molecule has 0 amide bonds. The van der Waals surface area contributed by atoms with E-state index in [1.54, 1.807) is 42.3 Å². The Morgan fingerprint density at radius 1 is 0.678 bits per heavy atom. The zero-order valence-electron chi connectivity index (χ0n) is 30.0. The maximum atomic E-state index is 13.7. The monoisotopic (exact) mass is 862 g/mol. The Kier molecular flexibility index (Phi) is 12.6. The highest BCUT2D eigenvalue weighted by Gasteiger charge is 2.30. The Bertz CT molecular complexity index is 2660. The second-order valence-electron chi connectivity index (χ2n) is 11.7. The van der Waals surface area contributed by atoms with E-state index in [0.717, 1.165) is 39.6 Å². The molecule has 24 heteroatoms. The summed E-state index contributed by atoms with van der Waals surface area (Å²) < 4.78 is 64.0. The van der Waals surface area contributed by atoms with Gasteiger partial charge >= 0.3 is 6.18 Å². The third kappa shape index (κ3) is 11.3. The fraction of sp³-hybridized carbons (Fsp3) is 0.0857. The summed E-state index contributed by atoms with van der Waals surface area (Å²) >= 11 is 3.64. The number of thiazole rings is 3. The van der Waals surface area contributed by atoms with Crippen LogP contribution in [0.25, 0.3) is 33.8 Å². The van der Waals surface area contributed by atoms with Gasteiger partial charge in [-0.05, 0) is 37.3 Å². The van der Waals surface area contributed by atoms with Crippen molar-refractivity contribution in [2.24, 2.45) is 0 Å². The van der Waals surface area contributed by atoms with Crippen molar-refractivity contribution in [1.82, 2.24) is 65.5 Å². The minimum absolute atomic E-state index is 0.00202. The average molecular weight is 863 g/mol. The van der Waals surface area contributed by atoms with Crippen LogP contribution in [-0.2, 0) is 6.42 Å². The van der Waals surface area contributed by atoms with Crippen LogP contribution in [0.3, 0.4) is 0 Å². The molecule has 0 saturated heterocycles. The fourth-order valence-corrected chi connectivity index (χ4v) is 6.96. The van der Waals surface area contributed by atoms with Gasteiger partial charge in [-0.3, -0.25) is 15.3 Å². The lowest BCUT2D eigenvalue weighted by Gasteiger charge is -2.05. The van der Waals surface area contributed by atoms with Crippen LogP contribution in [0.1, 0.15) is 11.4 Å². The van der Waals surface area contributed by atoms with Gasteiger partial charge in [-0.25, -0.2) is 39.3 Å². The standard InChI is InChI=1S/C13H10F3N5S.C11H7F2N5S.C11H10N6S/c14-13(15,16)5-9-8(6-18-21-9)10-7-22-12(19-10)20-11-3-1-2-4-17-11;12-7-1-2-8(14-5-7)17-11-18-9(10(13)19-11)6-3-15-16-4-6;1-7-2-3-12-10(15-7)17-11-16-9(6-18-11)8-4-13-14-5-8/h1-4,6-7H,5H2,(H,18,21)(H,17,19,20);1-5H,(H,15,16)(H,14,17,18);2-6H,1H3,(H,13,14)(H,12,15,16,17). The first-order chi connectivity index (χ1) is 28.5. The van der Waals surface area contributed by atoms with Crippen LogP contribution in [-0.4, -0.2) is 71.7 Å². The molecule has 300 valence electrons. The number of aromatic nitrogens is 13. The largest absolute Gasteiger partial charge is 0.394 e. The number of aromatic amines is 3. The van der Waals surface area contributed by atoms with Gasteiger partial charge in [0.1, 0.15) is 23.1 Å². The zero-order valence-corrected chi connectivity index (χ0v) is 32.5. The number of hydrogen-bond donors (Lipinski definition) is 6. The molecule has 0 saturated carbocycles. The van der Waals surface area contributed by atoms with E-state index in [1.165, 1.54) is 47.2 Å². The quantitative estimate of drug-likeness (QED) is 0.0709. The lowest BCUT2D eigenvalue weighted by molar-refractivity contribution is -0.127. The summed E-state index contributed by atoms with van der Waals surface area (Å²) in [4.78, 5) is 29.1. The molecule has 6 N–H and O–H groups in total. The highest BCUT2D eigenvalue weighted by molar-refractivity contribution is 7.14. The van der Waals surface area contributed by atoms with Gasteiger partial charge in [-0.2, -0.15) is 32.9 Å². The lowest BCUT2D eigenvalue weighted by Crippen LogP contribution is -2.12. The van der Waals surface area contributed by atoms with Crippen molar-refractivity contribution in [3.8, 4) is 33.8 Å². The Balaban J connectivity index is 0.000000135. The van der Waals surface area contributed by atoms with E-state index in [4.69, 9.17) is 0 Å². The van der Waals surface area contributed by atoms with Gasteiger partial charge in [-0.1, -0.05) is 17.4 Å². The van der Waals surface area contributed by atoms with Crippen LogP contribution in [0.5, 0.6) is 0 Å². The molecule has 0 bridgehead atoms. The summed E-state index contributed by atoms with van der Waals surface area (Å²) in [6.45, 7) is 1.92. The molecule has 0 unspecified atom stereocenters. The van der Waals surface area contributed by atoms with Gasteiger partial charge < -0.3 is 16.0 Å². The van der Waals surface area contributed by atoms with Crippen LogP contribution in [0, 0.1) is 17.9 Å². The molecule has 0 aliphatic heterocycles. The van der Waals surface area contributed by atoms with Crippen LogP contribution in [0.15, 0.2) is 96.7 Å². The average Bonchev–Trinajstić information content (AvgIpc) is 4.06. The molecule has 0 fully saturated rings. The number of pyridine rings is 2. The van der Waals surface area contributed by atoms with Crippen molar-refractivity contribution in [3.63, 3.8) is 0 Å². The van der Waals surface area contributed by atoms with Gasteiger partial charge in [0.15, 0.2) is 15.4 Å². The Labute approximate surface area is 341 Å². The van der Waals surface area contributed by atoms with Gasteiger partial charge in [0, 0.05) is 57.9 Å². The van der Waals surface area contributed by atoms with Crippen LogP contribution in [0.4, 0.5) is 54.9 Å². The summed E-state index contributed by atoms with van der Waals surface area (Å²) in [7, 11) is 0. The number of rotatable bonds is 10. The minimum atomic E-state index is -4.30. The van der Waals surface area contributed by atoms with Gasteiger partial charge in [-0.15, -0.1) is 22.7 Å². The summed E-state index contributed by atoms with van der Waals surface area (Å²) in [5.74, 6) is 1.14. The van der Waals surface area contributed by atoms with Crippen molar-refractivity contribution in [3.05, 3.63) is 119 Å². The molecule has 9 heterocycles. The van der Waals surface area contributed by atoms with Gasteiger partial charge in [0.05, 0.1) is 48.3 Å². The topological polar surface area (TPSA) is 212 Å². The Morgan fingerprint density at radius 2 is 1.41 bits per heavy atom. The Hall–Kier alpha value is -7.05. The molecule has 0 spiro atoms. The first-order valence-electron chi connectivity index (χ1n) is 16.8. The summed E-state index contributed by atoms with van der Waals surface area (Å²) in [6.07, 6.45) is 6.99. The molecule has 0 radical (unpaired) electrons. The molecular weight excluding hydrogens is 836 g/mol.